The van der Waals surface area contributed by atoms with Crippen molar-refractivity contribution in [2.45, 2.75) is 25.0 Å². The molecule has 2 aliphatic heterocycles. The molecule has 31 heavy (non-hydrogen) atoms. The van der Waals surface area contributed by atoms with Gasteiger partial charge < -0.3 is 15.2 Å². The van der Waals surface area contributed by atoms with Crippen molar-refractivity contribution in [2.75, 3.05) is 25.6 Å². The quantitative estimate of drug-likeness (QED) is 0.622. The number of halogens is 1. The van der Waals surface area contributed by atoms with Crippen LogP contribution < -0.4 is 10.1 Å². The summed E-state index contributed by atoms with van der Waals surface area (Å²) in [6, 6.07) is 21.4. The molecular weight excluding hydrogens is 391 g/mol. The van der Waals surface area contributed by atoms with Crippen LogP contribution in [-0.4, -0.2) is 36.3 Å². The van der Waals surface area contributed by atoms with Crippen LogP contribution in [0.15, 0.2) is 66.7 Å². The molecule has 3 aromatic rings. The summed E-state index contributed by atoms with van der Waals surface area (Å²) in [5.41, 5.74) is 5.30. The van der Waals surface area contributed by atoms with E-state index in [1.807, 2.05) is 30.3 Å². The van der Waals surface area contributed by atoms with Crippen molar-refractivity contribution in [1.29, 1.82) is 0 Å². The lowest BCUT2D eigenvalue weighted by molar-refractivity contribution is 0.171. The lowest BCUT2D eigenvalue weighted by Gasteiger charge is -2.39. The second kappa shape index (κ2) is 8.33. The van der Waals surface area contributed by atoms with E-state index in [0.717, 1.165) is 47.6 Å². The van der Waals surface area contributed by atoms with Gasteiger partial charge >= 0.3 is 0 Å². The van der Waals surface area contributed by atoms with Crippen LogP contribution in [0.25, 0.3) is 11.1 Å². The Morgan fingerprint density at radius 1 is 1.06 bits per heavy atom. The van der Waals surface area contributed by atoms with E-state index in [2.05, 4.69) is 28.4 Å². The third-order valence-corrected chi connectivity index (χ3v) is 6.70. The SMILES string of the molecule is COc1ccccc1CN1CC[C@@H]2[C@@H](CO)Nc3ccc(-c4cccc(F)c4)cc3[C@@H]21. The minimum Gasteiger partial charge on any atom is -0.496 e. The van der Waals surface area contributed by atoms with Crippen LogP contribution in [-0.2, 0) is 6.54 Å². The monoisotopic (exact) mass is 418 g/mol. The number of nitrogens with one attached hydrogen (secondary N) is 1. The zero-order chi connectivity index (χ0) is 21.4. The number of aliphatic hydroxyl groups excluding tert-OH is 1. The molecule has 0 unspecified atom stereocenters. The van der Waals surface area contributed by atoms with Crippen LogP contribution in [0.1, 0.15) is 23.6 Å². The number of anilines is 1. The summed E-state index contributed by atoms with van der Waals surface area (Å²) in [5, 5.41) is 13.6. The van der Waals surface area contributed by atoms with Crippen molar-refractivity contribution >= 4 is 5.69 Å². The lowest BCUT2D eigenvalue weighted by atomic mass is 9.82. The molecule has 3 atom stereocenters. The van der Waals surface area contributed by atoms with E-state index < -0.39 is 0 Å². The van der Waals surface area contributed by atoms with Crippen LogP contribution in [0.5, 0.6) is 5.75 Å². The van der Waals surface area contributed by atoms with Gasteiger partial charge in [-0.2, -0.15) is 0 Å². The lowest BCUT2D eigenvalue weighted by Crippen LogP contribution is -2.41. The molecule has 0 radical (unpaired) electrons. The van der Waals surface area contributed by atoms with Crippen LogP contribution >= 0.6 is 0 Å². The maximum atomic E-state index is 13.8. The average molecular weight is 419 g/mol. The predicted molar refractivity (Wildman–Crippen MR) is 121 cm³/mol. The van der Waals surface area contributed by atoms with Gasteiger partial charge in [0.1, 0.15) is 11.6 Å². The van der Waals surface area contributed by atoms with Crippen molar-refractivity contribution < 1.29 is 14.2 Å². The Hall–Kier alpha value is -2.89. The standard InChI is InChI=1S/C26H27FN2O2/c1-31-25-8-3-2-5-19(25)15-29-12-11-21-24(16-30)28-23-10-9-18(14-22(23)26(21)29)17-6-4-7-20(27)13-17/h2-10,13-14,21,24,26,28,30H,11-12,15-16H2,1H3/t21-,24-,26-/m1/s1. The van der Waals surface area contributed by atoms with Crippen molar-refractivity contribution in [1.82, 2.24) is 4.90 Å². The summed E-state index contributed by atoms with van der Waals surface area (Å²) in [6.07, 6.45) is 1.02. The fourth-order valence-electron chi connectivity index (χ4n) is 5.24. The Kier molecular flexibility index (Phi) is 5.38. The van der Waals surface area contributed by atoms with Gasteiger partial charge in [0.25, 0.3) is 0 Å². The van der Waals surface area contributed by atoms with E-state index in [-0.39, 0.29) is 24.5 Å². The molecule has 160 valence electrons. The van der Waals surface area contributed by atoms with Gasteiger partial charge in [-0.25, -0.2) is 4.39 Å². The summed E-state index contributed by atoms with van der Waals surface area (Å²) in [6.45, 7) is 1.84. The fraction of sp³-hybridized carbons (Fsp3) is 0.308. The van der Waals surface area contributed by atoms with Gasteiger partial charge in [-0.1, -0.05) is 36.4 Å². The first-order valence-corrected chi connectivity index (χ1v) is 10.8. The second-order valence-electron chi connectivity index (χ2n) is 8.43. The number of likely N-dealkylation sites (tertiary alicyclic amines) is 1. The van der Waals surface area contributed by atoms with Gasteiger partial charge in [-0.05, 0) is 60.0 Å². The number of hydrogen-bond donors (Lipinski definition) is 2. The van der Waals surface area contributed by atoms with Crippen molar-refractivity contribution in [2.24, 2.45) is 5.92 Å². The van der Waals surface area contributed by atoms with E-state index in [1.54, 1.807) is 19.2 Å². The molecule has 5 heteroatoms. The van der Waals surface area contributed by atoms with Crippen molar-refractivity contribution in [3.8, 4) is 16.9 Å². The minimum atomic E-state index is -0.231. The van der Waals surface area contributed by atoms with E-state index in [9.17, 15) is 9.50 Å². The highest BCUT2D eigenvalue weighted by Crippen LogP contribution is 2.48. The number of benzene rings is 3. The van der Waals surface area contributed by atoms with Crippen LogP contribution in [0, 0.1) is 11.7 Å². The van der Waals surface area contributed by atoms with Gasteiger partial charge in [0.05, 0.1) is 19.8 Å². The third kappa shape index (κ3) is 3.68. The molecule has 0 aromatic heterocycles. The molecule has 2 aliphatic rings. The molecule has 5 rings (SSSR count). The Morgan fingerprint density at radius 2 is 1.90 bits per heavy atom. The smallest absolute Gasteiger partial charge is 0.123 e. The Balaban J connectivity index is 1.54. The largest absolute Gasteiger partial charge is 0.496 e. The Labute approximate surface area is 182 Å². The maximum Gasteiger partial charge on any atom is 0.123 e. The average Bonchev–Trinajstić information content (AvgIpc) is 3.22. The molecular formula is C26H27FN2O2. The second-order valence-corrected chi connectivity index (χ2v) is 8.43. The first-order valence-electron chi connectivity index (χ1n) is 10.8. The van der Waals surface area contributed by atoms with E-state index in [0.29, 0.717) is 5.92 Å². The maximum absolute atomic E-state index is 13.8. The summed E-state index contributed by atoms with van der Waals surface area (Å²) >= 11 is 0. The molecule has 0 amide bonds. The minimum absolute atomic E-state index is 0.0280. The van der Waals surface area contributed by atoms with E-state index in [1.165, 1.54) is 11.6 Å². The van der Waals surface area contributed by atoms with Crippen molar-refractivity contribution in [3.05, 3.63) is 83.7 Å². The van der Waals surface area contributed by atoms with Gasteiger partial charge in [0.15, 0.2) is 0 Å². The summed E-state index contributed by atoms with van der Waals surface area (Å²) in [4.78, 5) is 2.49. The van der Waals surface area contributed by atoms with Crippen LogP contribution in [0.3, 0.4) is 0 Å². The zero-order valence-corrected chi connectivity index (χ0v) is 17.6. The summed E-state index contributed by atoms with van der Waals surface area (Å²) in [7, 11) is 1.71. The molecule has 1 fully saturated rings. The first-order chi connectivity index (χ1) is 15.2. The molecule has 1 saturated heterocycles. The first kappa shape index (κ1) is 20.0. The molecule has 0 spiro atoms. The molecule has 3 aromatic carbocycles. The molecule has 4 nitrogen and oxygen atoms in total. The fourth-order valence-corrected chi connectivity index (χ4v) is 5.24. The number of methoxy groups -OCH3 is 1. The number of aliphatic hydroxyl groups is 1. The highest BCUT2D eigenvalue weighted by atomic mass is 19.1. The highest BCUT2D eigenvalue weighted by molar-refractivity contribution is 5.70. The van der Waals surface area contributed by atoms with Gasteiger partial charge in [0, 0.05) is 29.8 Å². The number of nitrogens with zero attached hydrogens (tertiary/aromatic N) is 1. The normalized spacial score (nSPS) is 22.5. The number of para-hydroxylation sites is 1. The third-order valence-electron chi connectivity index (χ3n) is 6.70. The summed E-state index contributed by atoms with van der Waals surface area (Å²) < 4.78 is 19.4. The Morgan fingerprint density at radius 3 is 2.71 bits per heavy atom. The topological polar surface area (TPSA) is 44.7 Å². The summed E-state index contributed by atoms with van der Waals surface area (Å²) in [5.74, 6) is 0.979. The van der Waals surface area contributed by atoms with E-state index >= 15 is 0 Å². The van der Waals surface area contributed by atoms with Crippen LogP contribution in [0.4, 0.5) is 10.1 Å². The van der Waals surface area contributed by atoms with Crippen molar-refractivity contribution in [3.63, 3.8) is 0 Å². The number of ether oxygens (including phenoxy) is 1. The zero-order valence-electron chi connectivity index (χ0n) is 17.6. The molecule has 2 heterocycles. The predicted octanol–water partition coefficient (Wildman–Crippen LogP) is 4.85. The number of rotatable bonds is 5. The highest BCUT2D eigenvalue weighted by Gasteiger charge is 2.44. The van der Waals surface area contributed by atoms with Gasteiger partial charge in [-0.3, -0.25) is 4.90 Å². The van der Waals surface area contributed by atoms with Gasteiger partial charge in [-0.15, -0.1) is 0 Å². The molecule has 2 N–H and O–H groups in total. The van der Waals surface area contributed by atoms with Gasteiger partial charge in [0.2, 0.25) is 0 Å². The molecule has 0 aliphatic carbocycles. The van der Waals surface area contributed by atoms with Crippen LogP contribution in [0.2, 0.25) is 0 Å². The number of hydrogen-bond acceptors (Lipinski definition) is 4. The van der Waals surface area contributed by atoms with E-state index in [4.69, 9.17) is 4.74 Å². The number of fused-ring (bicyclic) bond motifs is 3. The molecule has 0 saturated carbocycles. The Bertz CT molecular complexity index is 1090. The molecule has 0 bridgehead atoms.